The molecule has 4 rings (SSSR count). The van der Waals surface area contributed by atoms with Crippen molar-refractivity contribution in [2.45, 2.75) is 19.4 Å². The fraction of sp³-hybridized carbons (Fsp3) is 0.350. The second-order valence-corrected chi connectivity index (χ2v) is 6.59. The van der Waals surface area contributed by atoms with Gasteiger partial charge in [0.1, 0.15) is 5.82 Å². The van der Waals surface area contributed by atoms with E-state index in [0.29, 0.717) is 6.04 Å². The van der Waals surface area contributed by atoms with E-state index >= 15 is 0 Å². The Morgan fingerprint density at radius 3 is 2.84 bits per heavy atom. The van der Waals surface area contributed by atoms with Gasteiger partial charge in [-0.25, -0.2) is 9.97 Å². The van der Waals surface area contributed by atoms with Crippen LogP contribution in [0.5, 0.6) is 0 Å². The van der Waals surface area contributed by atoms with Gasteiger partial charge in [0.25, 0.3) is 0 Å². The van der Waals surface area contributed by atoms with Crippen LogP contribution >= 0.6 is 0 Å². The molecular weight excluding hydrogens is 310 g/mol. The maximum Gasteiger partial charge on any atom is 0.163 e. The first-order chi connectivity index (χ1) is 12.3. The summed E-state index contributed by atoms with van der Waals surface area (Å²) in [6, 6.07) is 12.8. The van der Waals surface area contributed by atoms with Gasteiger partial charge in [0.2, 0.25) is 0 Å². The average molecular weight is 333 g/mol. The summed E-state index contributed by atoms with van der Waals surface area (Å²) in [6.45, 7) is 5.33. The fourth-order valence-electron chi connectivity index (χ4n) is 3.48. The van der Waals surface area contributed by atoms with Gasteiger partial charge in [0.05, 0.1) is 5.52 Å². The van der Waals surface area contributed by atoms with Gasteiger partial charge in [0.15, 0.2) is 5.82 Å². The molecule has 1 aromatic carbocycles. The number of fused-ring (bicyclic) bond motifs is 1. The normalized spacial score (nSPS) is 17.6. The third kappa shape index (κ3) is 3.07. The number of nitrogens with zero attached hydrogens (tertiary/aromatic N) is 5. The minimum absolute atomic E-state index is 0.584. The molecule has 0 spiro atoms. The largest absolute Gasteiger partial charge is 0.354 e. The molecule has 0 bridgehead atoms. The molecule has 5 nitrogen and oxygen atoms in total. The van der Waals surface area contributed by atoms with Crippen LogP contribution in [0.3, 0.4) is 0 Å². The minimum Gasteiger partial charge on any atom is -0.354 e. The van der Waals surface area contributed by atoms with Gasteiger partial charge < -0.3 is 9.80 Å². The van der Waals surface area contributed by atoms with E-state index in [0.717, 1.165) is 47.7 Å². The highest BCUT2D eigenvalue weighted by Gasteiger charge is 2.27. The molecule has 3 aromatic rings. The molecule has 25 heavy (non-hydrogen) atoms. The number of para-hydroxylation sites is 1. The summed E-state index contributed by atoms with van der Waals surface area (Å²) in [5, 5.41) is 1.12. The van der Waals surface area contributed by atoms with Gasteiger partial charge in [-0.1, -0.05) is 19.1 Å². The molecule has 0 amide bonds. The smallest absolute Gasteiger partial charge is 0.163 e. The van der Waals surface area contributed by atoms with E-state index in [-0.39, 0.29) is 0 Å². The monoisotopic (exact) mass is 333 g/mol. The van der Waals surface area contributed by atoms with Gasteiger partial charge in [-0.15, -0.1) is 0 Å². The summed E-state index contributed by atoms with van der Waals surface area (Å²) in [4.78, 5) is 18.7. The van der Waals surface area contributed by atoms with E-state index in [1.807, 2.05) is 24.4 Å². The summed E-state index contributed by atoms with van der Waals surface area (Å²) < 4.78 is 0. The summed E-state index contributed by atoms with van der Waals surface area (Å²) >= 11 is 0. The van der Waals surface area contributed by atoms with Gasteiger partial charge >= 0.3 is 0 Å². The number of hydrogen-bond donors (Lipinski definition) is 0. The van der Waals surface area contributed by atoms with Crippen LogP contribution in [-0.4, -0.2) is 52.6 Å². The molecule has 1 atom stereocenters. The van der Waals surface area contributed by atoms with Crippen LogP contribution in [0.1, 0.15) is 13.3 Å². The standard InChI is InChI=1S/C20H23N5/c1-3-24(2)16-10-12-25(14-16)20-17-8-4-5-9-18(17)22-19(23-20)15-7-6-11-21-13-15/h4-9,11,13,16H,3,10,12,14H2,1-2H3/t16-/m0/s1. The van der Waals surface area contributed by atoms with E-state index in [4.69, 9.17) is 9.97 Å². The predicted octanol–water partition coefficient (Wildman–Crippen LogP) is 3.22. The molecule has 3 heterocycles. The number of likely N-dealkylation sites (N-methyl/N-ethyl adjacent to an activating group) is 1. The molecule has 1 fully saturated rings. The lowest BCUT2D eigenvalue weighted by molar-refractivity contribution is 0.272. The third-order valence-electron chi connectivity index (χ3n) is 5.09. The Balaban J connectivity index is 1.77. The van der Waals surface area contributed by atoms with Crippen LogP contribution in [0.4, 0.5) is 5.82 Å². The Bertz CT molecular complexity index is 864. The van der Waals surface area contributed by atoms with Crippen molar-refractivity contribution >= 4 is 16.7 Å². The number of aromatic nitrogens is 3. The van der Waals surface area contributed by atoms with E-state index in [1.54, 1.807) is 6.20 Å². The van der Waals surface area contributed by atoms with Crippen molar-refractivity contribution in [3.63, 3.8) is 0 Å². The van der Waals surface area contributed by atoms with Crippen molar-refractivity contribution in [2.24, 2.45) is 0 Å². The Morgan fingerprint density at radius 1 is 1.16 bits per heavy atom. The lowest BCUT2D eigenvalue weighted by Crippen LogP contribution is -2.34. The quantitative estimate of drug-likeness (QED) is 0.733. The predicted molar refractivity (Wildman–Crippen MR) is 102 cm³/mol. The van der Waals surface area contributed by atoms with Crippen LogP contribution in [0.15, 0.2) is 48.8 Å². The maximum atomic E-state index is 4.93. The first-order valence-electron chi connectivity index (χ1n) is 8.88. The Hall–Kier alpha value is -2.53. The van der Waals surface area contributed by atoms with Crippen molar-refractivity contribution in [1.29, 1.82) is 0 Å². The zero-order valence-electron chi connectivity index (χ0n) is 14.8. The molecule has 1 aliphatic heterocycles. The van der Waals surface area contributed by atoms with Crippen molar-refractivity contribution in [3.05, 3.63) is 48.8 Å². The highest BCUT2D eigenvalue weighted by molar-refractivity contribution is 5.91. The summed E-state index contributed by atoms with van der Waals surface area (Å²) in [5.41, 5.74) is 1.94. The number of anilines is 1. The molecular formula is C20H23N5. The minimum atomic E-state index is 0.584. The first kappa shape index (κ1) is 16.0. The molecule has 0 saturated carbocycles. The Labute approximate surface area is 148 Å². The number of hydrogen-bond acceptors (Lipinski definition) is 5. The van der Waals surface area contributed by atoms with Crippen LogP contribution < -0.4 is 4.90 Å². The van der Waals surface area contributed by atoms with E-state index in [2.05, 4.69) is 47.0 Å². The molecule has 0 unspecified atom stereocenters. The molecule has 128 valence electrons. The molecule has 1 saturated heterocycles. The van der Waals surface area contributed by atoms with Crippen LogP contribution in [0.2, 0.25) is 0 Å². The lowest BCUT2D eigenvalue weighted by atomic mass is 10.2. The molecule has 1 aliphatic rings. The second-order valence-electron chi connectivity index (χ2n) is 6.59. The molecule has 0 N–H and O–H groups in total. The average Bonchev–Trinajstić information content (AvgIpc) is 3.17. The van der Waals surface area contributed by atoms with E-state index in [9.17, 15) is 0 Å². The van der Waals surface area contributed by atoms with Crippen molar-refractivity contribution < 1.29 is 0 Å². The highest BCUT2D eigenvalue weighted by atomic mass is 15.3. The SMILES string of the molecule is CCN(C)[C@H]1CCN(c2nc(-c3cccnc3)nc3ccccc23)C1. The summed E-state index contributed by atoms with van der Waals surface area (Å²) in [6.07, 6.45) is 4.77. The van der Waals surface area contributed by atoms with E-state index in [1.165, 1.54) is 6.42 Å². The Kier molecular flexibility index (Phi) is 4.32. The van der Waals surface area contributed by atoms with Gasteiger partial charge in [-0.05, 0) is 44.3 Å². The second kappa shape index (κ2) is 6.76. The summed E-state index contributed by atoms with van der Waals surface area (Å²) in [7, 11) is 2.20. The van der Waals surface area contributed by atoms with Crippen molar-refractivity contribution in [2.75, 3.05) is 31.6 Å². The van der Waals surface area contributed by atoms with Gasteiger partial charge in [-0.3, -0.25) is 4.98 Å². The number of rotatable bonds is 4. The van der Waals surface area contributed by atoms with Crippen molar-refractivity contribution in [3.8, 4) is 11.4 Å². The van der Waals surface area contributed by atoms with E-state index < -0.39 is 0 Å². The maximum absolute atomic E-state index is 4.93. The van der Waals surface area contributed by atoms with Crippen LogP contribution in [0, 0.1) is 0 Å². The lowest BCUT2D eigenvalue weighted by Gasteiger charge is -2.24. The Morgan fingerprint density at radius 2 is 2.04 bits per heavy atom. The molecule has 5 heteroatoms. The highest BCUT2D eigenvalue weighted by Crippen LogP contribution is 2.30. The number of benzene rings is 1. The molecule has 0 aliphatic carbocycles. The molecule has 0 radical (unpaired) electrons. The fourth-order valence-corrected chi connectivity index (χ4v) is 3.48. The van der Waals surface area contributed by atoms with Crippen molar-refractivity contribution in [1.82, 2.24) is 19.9 Å². The van der Waals surface area contributed by atoms with Crippen LogP contribution in [0.25, 0.3) is 22.3 Å². The topological polar surface area (TPSA) is 45.2 Å². The first-order valence-corrected chi connectivity index (χ1v) is 8.88. The zero-order chi connectivity index (χ0) is 17.2. The van der Waals surface area contributed by atoms with Crippen LogP contribution in [-0.2, 0) is 0 Å². The number of pyridine rings is 1. The summed E-state index contributed by atoms with van der Waals surface area (Å²) in [5.74, 6) is 1.78. The zero-order valence-corrected chi connectivity index (χ0v) is 14.8. The third-order valence-corrected chi connectivity index (χ3v) is 5.09. The van der Waals surface area contributed by atoms with Gasteiger partial charge in [-0.2, -0.15) is 0 Å². The van der Waals surface area contributed by atoms with Gasteiger partial charge in [0, 0.05) is 42.5 Å². The molecule has 2 aromatic heterocycles.